The fourth-order valence-electron chi connectivity index (χ4n) is 2.06. The van der Waals surface area contributed by atoms with Crippen molar-refractivity contribution < 1.29 is 4.79 Å². The Kier molecular flexibility index (Phi) is 4.30. The van der Waals surface area contributed by atoms with Crippen molar-refractivity contribution in [2.45, 2.75) is 0 Å². The zero-order valence-electron chi connectivity index (χ0n) is 10.5. The van der Waals surface area contributed by atoms with E-state index in [-0.39, 0.29) is 5.91 Å². The third-order valence-corrected chi connectivity index (χ3v) is 3.55. The fraction of sp³-hybridized carbons (Fsp3) is 0.500. The summed E-state index contributed by atoms with van der Waals surface area (Å²) in [7, 11) is 0. The van der Waals surface area contributed by atoms with E-state index < -0.39 is 0 Å². The first kappa shape index (κ1) is 13.0. The van der Waals surface area contributed by atoms with Gasteiger partial charge >= 0.3 is 0 Å². The lowest BCUT2D eigenvalue weighted by Gasteiger charge is -2.35. The molecule has 98 valence electrons. The maximum Gasteiger partial charge on any atom is 0.232 e. The molecule has 0 aromatic carbocycles. The van der Waals surface area contributed by atoms with Crippen molar-refractivity contribution in [3.63, 3.8) is 0 Å². The van der Waals surface area contributed by atoms with Gasteiger partial charge in [0.1, 0.15) is 0 Å². The number of nitrogens with two attached hydrogens (primary N) is 1. The molecule has 0 radical (unpaired) electrons. The number of nitrogens with zero attached hydrogens (tertiary/aromatic N) is 3. The maximum atomic E-state index is 11.8. The number of hydrogen-bond acceptors (Lipinski definition) is 5. The van der Waals surface area contributed by atoms with Crippen LogP contribution in [0, 0.1) is 0 Å². The highest BCUT2D eigenvalue weighted by atomic mass is 32.2. The number of nitrogen functional groups attached to an aromatic ring is 1. The minimum Gasteiger partial charge on any atom is -0.396 e. The molecule has 0 spiro atoms. The highest BCUT2D eigenvalue weighted by Crippen LogP contribution is 2.20. The highest BCUT2D eigenvalue weighted by molar-refractivity contribution is 7.99. The SMILES string of the molecule is CSCC(=O)N1CCN(c2ncccc2N)CC1. The maximum absolute atomic E-state index is 11.8. The molecule has 1 fully saturated rings. The number of rotatable bonds is 3. The quantitative estimate of drug-likeness (QED) is 0.871. The number of carbonyl (C=O) groups excluding carboxylic acids is 1. The Balaban J connectivity index is 1.95. The molecule has 0 saturated carbocycles. The lowest BCUT2D eigenvalue weighted by atomic mass is 10.3. The summed E-state index contributed by atoms with van der Waals surface area (Å²) < 4.78 is 0. The molecule has 2 N–H and O–H groups in total. The van der Waals surface area contributed by atoms with E-state index in [0.717, 1.165) is 32.0 Å². The van der Waals surface area contributed by atoms with Gasteiger partial charge in [0.2, 0.25) is 5.91 Å². The minimum absolute atomic E-state index is 0.219. The second-order valence-electron chi connectivity index (χ2n) is 4.22. The molecular weight excluding hydrogens is 248 g/mol. The summed E-state index contributed by atoms with van der Waals surface area (Å²) >= 11 is 1.57. The second kappa shape index (κ2) is 5.95. The highest BCUT2D eigenvalue weighted by Gasteiger charge is 2.22. The van der Waals surface area contributed by atoms with Crippen LogP contribution in [0.15, 0.2) is 18.3 Å². The number of pyridine rings is 1. The number of anilines is 2. The number of aromatic nitrogens is 1. The van der Waals surface area contributed by atoms with E-state index in [0.29, 0.717) is 11.4 Å². The first-order valence-corrected chi connectivity index (χ1v) is 7.34. The molecule has 1 amide bonds. The van der Waals surface area contributed by atoms with Gasteiger partial charge < -0.3 is 15.5 Å². The van der Waals surface area contributed by atoms with E-state index >= 15 is 0 Å². The van der Waals surface area contributed by atoms with Crippen LogP contribution < -0.4 is 10.6 Å². The van der Waals surface area contributed by atoms with Crippen molar-refractivity contribution >= 4 is 29.2 Å². The zero-order valence-corrected chi connectivity index (χ0v) is 11.3. The Bertz CT molecular complexity index is 418. The number of piperazine rings is 1. The van der Waals surface area contributed by atoms with Gasteiger partial charge in [0.05, 0.1) is 11.4 Å². The van der Waals surface area contributed by atoms with Crippen LogP contribution in [0.2, 0.25) is 0 Å². The number of amides is 1. The summed E-state index contributed by atoms with van der Waals surface area (Å²) in [6.45, 7) is 3.08. The van der Waals surface area contributed by atoms with Gasteiger partial charge in [-0.1, -0.05) is 0 Å². The van der Waals surface area contributed by atoms with E-state index in [9.17, 15) is 4.79 Å². The molecule has 1 saturated heterocycles. The van der Waals surface area contributed by atoms with E-state index in [2.05, 4.69) is 9.88 Å². The smallest absolute Gasteiger partial charge is 0.232 e. The van der Waals surface area contributed by atoms with Gasteiger partial charge in [0.15, 0.2) is 5.82 Å². The summed E-state index contributed by atoms with van der Waals surface area (Å²) in [5, 5.41) is 0. The normalized spacial score (nSPS) is 15.8. The molecule has 18 heavy (non-hydrogen) atoms. The third kappa shape index (κ3) is 2.87. The van der Waals surface area contributed by atoms with Crippen LogP contribution in [0.4, 0.5) is 11.5 Å². The third-order valence-electron chi connectivity index (χ3n) is 3.02. The summed E-state index contributed by atoms with van der Waals surface area (Å²) in [4.78, 5) is 20.1. The molecule has 5 nitrogen and oxygen atoms in total. The van der Waals surface area contributed by atoms with Gasteiger partial charge in [0.25, 0.3) is 0 Å². The van der Waals surface area contributed by atoms with E-state index in [1.54, 1.807) is 18.0 Å². The van der Waals surface area contributed by atoms with Crippen LogP contribution in [0.3, 0.4) is 0 Å². The summed E-state index contributed by atoms with van der Waals surface area (Å²) in [5.41, 5.74) is 6.60. The number of carbonyl (C=O) groups is 1. The van der Waals surface area contributed by atoms with Crippen molar-refractivity contribution in [2.24, 2.45) is 0 Å². The van der Waals surface area contributed by atoms with Gasteiger partial charge in [-0.25, -0.2) is 4.98 Å². The van der Waals surface area contributed by atoms with Gasteiger partial charge in [0, 0.05) is 32.4 Å². The number of thioether (sulfide) groups is 1. The summed E-state index contributed by atoms with van der Waals surface area (Å²) in [6.07, 6.45) is 3.69. The second-order valence-corrected chi connectivity index (χ2v) is 5.08. The number of hydrogen-bond donors (Lipinski definition) is 1. The molecule has 2 heterocycles. The van der Waals surface area contributed by atoms with E-state index in [4.69, 9.17) is 5.73 Å². The molecule has 2 rings (SSSR count). The Hall–Kier alpha value is -1.43. The first-order chi connectivity index (χ1) is 8.72. The lowest BCUT2D eigenvalue weighted by Crippen LogP contribution is -2.49. The molecule has 0 bridgehead atoms. The van der Waals surface area contributed by atoms with Crippen LogP contribution in [0.25, 0.3) is 0 Å². The Morgan fingerprint density at radius 3 is 2.78 bits per heavy atom. The van der Waals surface area contributed by atoms with Crippen molar-refractivity contribution in [3.05, 3.63) is 18.3 Å². The van der Waals surface area contributed by atoms with E-state index in [1.165, 1.54) is 0 Å². The Labute approximate surface area is 111 Å². The molecular formula is C12H18N4OS. The molecule has 0 aliphatic carbocycles. The van der Waals surface area contributed by atoms with Crippen molar-refractivity contribution in [2.75, 3.05) is 48.8 Å². The average Bonchev–Trinajstić information content (AvgIpc) is 2.40. The van der Waals surface area contributed by atoms with Gasteiger partial charge in [-0.3, -0.25) is 4.79 Å². The molecule has 1 aromatic heterocycles. The fourth-order valence-corrected chi connectivity index (χ4v) is 2.49. The molecule has 6 heteroatoms. The Morgan fingerprint density at radius 2 is 2.17 bits per heavy atom. The van der Waals surface area contributed by atoms with Crippen molar-refractivity contribution in [1.82, 2.24) is 9.88 Å². The summed E-state index contributed by atoms with van der Waals surface area (Å²) in [5.74, 6) is 1.61. The zero-order chi connectivity index (χ0) is 13.0. The predicted octanol–water partition coefficient (Wildman–Crippen LogP) is 0.675. The molecule has 1 aliphatic heterocycles. The monoisotopic (exact) mass is 266 g/mol. The predicted molar refractivity (Wildman–Crippen MR) is 75.8 cm³/mol. The summed E-state index contributed by atoms with van der Waals surface area (Å²) in [6, 6.07) is 3.69. The molecule has 1 aliphatic rings. The van der Waals surface area contributed by atoms with Crippen LogP contribution in [0.1, 0.15) is 0 Å². The van der Waals surface area contributed by atoms with Crippen LogP contribution in [-0.4, -0.2) is 54.0 Å². The molecule has 0 atom stereocenters. The lowest BCUT2D eigenvalue weighted by molar-refractivity contribution is -0.128. The van der Waals surface area contributed by atoms with Gasteiger partial charge in [-0.2, -0.15) is 11.8 Å². The van der Waals surface area contributed by atoms with E-state index in [1.807, 2.05) is 23.3 Å². The van der Waals surface area contributed by atoms with Gasteiger partial charge in [-0.15, -0.1) is 0 Å². The largest absolute Gasteiger partial charge is 0.396 e. The van der Waals surface area contributed by atoms with Crippen molar-refractivity contribution in [3.8, 4) is 0 Å². The topological polar surface area (TPSA) is 62.5 Å². The minimum atomic E-state index is 0.219. The van der Waals surface area contributed by atoms with Crippen LogP contribution in [-0.2, 0) is 4.79 Å². The molecule has 1 aromatic rings. The average molecular weight is 266 g/mol. The van der Waals surface area contributed by atoms with Crippen LogP contribution >= 0.6 is 11.8 Å². The first-order valence-electron chi connectivity index (χ1n) is 5.94. The van der Waals surface area contributed by atoms with Gasteiger partial charge in [-0.05, 0) is 18.4 Å². The van der Waals surface area contributed by atoms with Crippen LogP contribution in [0.5, 0.6) is 0 Å². The molecule has 0 unspecified atom stereocenters. The standard InChI is InChI=1S/C12H18N4OS/c1-18-9-11(17)15-5-7-16(8-6-15)12-10(13)3-2-4-14-12/h2-4H,5-9,13H2,1H3. The van der Waals surface area contributed by atoms with Crippen molar-refractivity contribution in [1.29, 1.82) is 0 Å². The Morgan fingerprint density at radius 1 is 1.44 bits per heavy atom.